The largest absolute Gasteiger partial charge is 0.785 e. The van der Waals surface area contributed by atoms with Gasteiger partial charge in [0.15, 0.2) is 11.6 Å². The zero-order valence-corrected chi connectivity index (χ0v) is 24.7. The predicted octanol–water partition coefficient (Wildman–Crippen LogP) is 5.75. The molecule has 46 heavy (non-hydrogen) atoms. The first kappa shape index (κ1) is 34.1. The van der Waals surface area contributed by atoms with E-state index in [-0.39, 0.29) is 36.4 Å². The van der Waals surface area contributed by atoms with E-state index < -0.39 is 70.9 Å². The normalized spacial score (nSPS) is 12.4. The van der Waals surface area contributed by atoms with Gasteiger partial charge in [-0.1, -0.05) is 48.5 Å². The minimum absolute atomic E-state index is 0.0665. The quantitative estimate of drug-likeness (QED) is 0.154. The molecule has 0 aliphatic rings. The number of methoxy groups -OCH3 is 1. The van der Waals surface area contributed by atoms with Crippen LogP contribution in [0.3, 0.4) is 0 Å². The lowest BCUT2D eigenvalue weighted by molar-refractivity contribution is -0.139. The summed E-state index contributed by atoms with van der Waals surface area (Å²) >= 11 is 0. The van der Waals surface area contributed by atoms with Crippen molar-refractivity contribution >= 4 is 5.97 Å². The van der Waals surface area contributed by atoms with Gasteiger partial charge in [-0.15, -0.1) is 0 Å². The SMILES string of the molecule is COc1cccc(-c2c(C)n(Cc3c(F)cccc3C(F)(F)F)c(=O)n(C[C@@H](c3ccccc3)N([O-])CCCC(=O)O)c2=O)c1F. The summed E-state index contributed by atoms with van der Waals surface area (Å²) in [5.41, 5.74) is -5.15. The van der Waals surface area contributed by atoms with E-state index in [1.165, 1.54) is 32.2 Å². The van der Waals surface area contributed by atoms with Gasteiger partial charge in [-0.3, -0.25) is 18.7 Å². The first-order valence-corrected chi connectivity index (χ1v) is 14.0. The molecule has 0 saturated carbocycles. The second-order valence-corrected chi connectivity index (χ2v) is 10.4. The molecule has 0 amide bonds. The van der Waals surface area contributed by atoms with E-state index in [1.807, 2.05) is 0 Å². The molecule has 14 heteroatoms. The number of alkyl halides is 3. The zero-order chi connectivity index (χ0) is 33.8. The molecule has 0 fully saturated rings. The first-order chi connectivity index (χ1) is 21.8. The molecule has 1 aromatic heterocycles. The third kappa shape index (κ3) is 7.18. The van der Waals surface area contributed by atoms with Gasteiger partial charge in [-0.05, 0) is 43.7 Å². The van der Waals surface area contributed by atoms with Crippen molar-refractivity contribution in [1.82, 2.24) is 14.2 Å². The minimum Gasteiger partial charge on any atom is -0.785 e. The molecule has 4 rings (SSSR count). The number of hydrogen-bond donors (Lipinski definition) is 1. The van der Waals surface area contributed by atoms with E-state index in [0.29, 0.717) is 21.3 Å². The summed E-state index contributed by atoms with van der Waals surface area (Å²) in [7, 11) is 1.18. The van der Waals surface area contributed by atoms with Crippen molar-refractivity contribution in [3.05, 3.63) is 127 Å². The van der Waals surface area contributed by atoms with Gasteiger partial charge < -0.3 is 20.1 Å². The number of carbonyl (C=O) groups is 1. The number of hydroxylamine groups is 2. The second-order valence-electron chi connectivity index (χ2n) is 10.4. The molecule has 244 valence electrons. The number of carboxylic acid groups (broad SMARTS) is 1. The highest BCUT2D eigenvalue weighted by molar-refractivity contribution is 5.68. The summed E-state index contributed by atoms with van der Waals surface area (Å²) in [6, 6.07) is 12.8. The number of aliphatic carboxylic acids is 1. The first-order valence-electron chi connectivity index (χ1n) is 14.0. The van der Waals surface area contributed by atoms with Gasteiger partial charge in [-0.2, -0.15) is 13.2 Å². The Morgan fingerprint density at radius 3 is 2.30 bits per heavy atom. The lowest BCUT2D eigenvalue weighted by Gasteiger charge is -2.37. The topological polar surface area (TPSA) is 117 Å². The zero-order valence-electron chi connectivity index (χ0n) is 24.7. The molecule has 0 spiro atoms. The van der Waals surface area contributed by atoms with Crippen LogP contribution in [0.15, 0.2) is 76.3 Å². The number of hydrogen-bond acceptors (Lipinski definition) is 6. The van der Waals surface area contributed by atoms with Crippen molar-refractivity contribution in [2.45, 2.75) is 45.1 Å². The lowest BCUT2D eigenvalue weighted by Crippen LogP contribution is -2.45. The van der Waals surface area contributed by atoms with Crippen molar-refractivity contribution in [3.8, 4) is 16.9 Å². The highest BCUT2D eigenvalue weighted by atomic mass is 19.4. The van der Waals surface area contributed by atoms with Gasteiger partial charge >= 0.3 is 17.8 Å². The van der Waals surface area contributed by atoms with Crippen LogP contribution >= 0.6 is 0 Å². The van der Waals surface area contributed by atoms with Crippen molar-refractivity contribution in [2.75, 3.05) is 13.7 Å². The minimum atomic E-state index is -5.00. The van der Waals surface area contributed by atoms with E-state index >= 15 is 4.39 Å². The summed E-state index contributed by atoms with van der Waals surface area (Å²) < 4.78 is 78.6. The molecule has 0 bridgehead atoms. The number of halogens is 5. The summed E-state index contributed by atoms with van der Waals surface area (Å²) in [6.07, 6.45) is -5.40. The fourth-order valence-corrected chi connectivity index (χ4v) is 5.22. The monoisotopic (exact) mass is 646 g/mol. The van der Waals surface area contributed by atoms with Gasteiger partial charge in [0.2, 0.25) is 0 Å². The number of benzene rings is 3. The maximum absolute atomic E-state index is 15.6. The highest BCUT2D eigenvalue weighted by Crippen LogP contribution is 2.34. The van der Waals surface area contributed by atoms with Crippen LogP contribution in [-0.4, -0.2) is 38.9 Å². The highest BCUT2D eigenvalue weighted by Gasteiger charge is 2.35. The van der Waals surface area contributed by atoms with E-state index in [0.717, 1.165) is 16.7 Å². The van der Waals surface area contributed by atoms with Crippen LogP contribution in [0.1, 0.15) is 41.3 Å². The summed E-state index contributed by atoms with van der Waals surface area (Å²) in [5.74, 6) is -3.67. The average Bonchev–Trinajstić information content (AvgIpc) is 3.00. The standard InChI is InChI=1S/C32H29F5N3O6/c1-19-28(21-11-6-14-26(46-2)29(21)34)30(43)39(18-25(20-9-4-3-5-10-20)40(45)16-8-15-27(41)42)31(44)38(19)17-22-23(32(35,36)37)12-7-13-24(22)33/h3-7,9-14,25H,8,15-18H2,1-2H3,(H,41,42)/q-1/t25-/m0/s1. The number of rotatable bonds is 12. The Morgan fingerprint density at radius 1 is 1.00 bits per heavy atom. The van der Waals surface area contributed by atoms with Crippen LogP contribution in [-0.2, 0) is 24.1 Å². The van der Waals surface area contributed by atoms with Gasteiger partial charge in [0, 0.05) is 35.8 Å². The summed E-state index contributed by atoms with van der Waals surface area (Å²) in [5, 5.41) is 22.8. The molecule has 3 aromatic carbocycles. The summed E-state index contributed by atoms with van der Waals surface area (Å²) in [6.45, 7) is -0.723. The van der Waals surface area contributed by atoms with Crippen molar-refractivity contribution in [3.63, 3.8) is 0 Å². The third-order valence-corrected chi connectivity index (χ3v) is 7.54. The molecular formula is C32H29F5N3O6-. The van der Waals surface area contributed by atoms with Crippen LogP contribution < -0.4 is 16.0 Å². The van der Waals surface area contributed by atoms with Gasteiger partial charge in [-0.25, -0.2) is 13.6 Å². The number of carboxylic acids is 1. The maximum atomic E-state index is 15.6. The molecule has 4 aromatic rings. The molecule has 0 aliphatic carbocycles. The van der Waals surface area contributed by atoms with Crippen molar-refractivity contribution < 1.29 is 36.6 Å². The summed E-state index contributed by atoms with van der Waals surface area (Å²) in [4.78, 5) is 39.0. The lowest BCUT2D eigenvalue weighted by atomic mass is 10.0. The second kappa shape index (κ2) is 14.1. The van der Waals surface area contributed by atoms with E-state index in [4.69, 9.17) is 9.84 Å². The van der Waals surface area contributed by atoms with Crippen LogP contribution in [0.5, 0.6) is 5.75 Å². The number of nitrogens with zero attached hydrogens (tertiary/aromatic N) is 3. The van der Waals surface area contributed by atoms with Gasteiger partial charge in [0.1, 0.15) is 5.82 Å². The molecule has 9 nitrogen and oxygen atoms in total. The smallest absolute Gasteiger partial charge is 0.416 e. The van der Waals surface area contributed by atoms with E-state index in [1.54, 1.807) is 30.3 Å². The van der Waals surface area contributed by atoms with Crippen LogP contribution in [0, 0.1) is 23.8 Å². The average molecular weight is 647 g/mol. The molecule has 1 N–H and O–H groups in total. The Bertz CT molecular complexity index is 1840. The molecule has 1 atom stereocenters. The maximum Gasteiger partial charge on any atom is 0.416 e. The van der Waals surface area contributed by atoms with Crippen molar-refractivity contribution in [1.29, 1.82) is 0 Å². The van der Waals surface area contributed by atoms with Gasteiger partial charge in [0.05, 0.1) is 24.8 Å². The number of aromatic nitrogens is 2. The molecule has 0 aliphatic heterocycles. The Hall–Kier alpha value is -4.82. The van der Waals surface area contributed by atoms with E-state index in [2.05, 4.69) is 0 Å². The van der Waals surface area contributed by atoms with Gasteiger partial charge in [0.25, 0.3) is 5.56 Å². The number of ether oxygens (including phenoxy) is 1. The fourth-order valence-electron chi connectivity index (χ4n) is 5.22. The van der Waals surface area contributed by atoms with Crippen molar-refractivity contribution in [2.24, 2.45) is 0 Å². The third-order valence-electron chi connectivity index (χ3n) is 7.54. The predicted molar refractivity (Wildman–Crippen MR) is 158 cm³/mol. The van der Waals surface area contributed by atoms with E-state index in [9.17, 15) is 37.2 Å². The van der Waals surface area contributed by atoms with Crippen LogP contribution in [0.25, 0.3) is 11.1 Å². The Labute approximate surface area is 259 Å². The Morgan fingerprint density at radius 2 is 1.67 bits per heavy atom. The Kier molecular flexibility index (Phi) is 10.4. The fraction of sp³-hybridized carbons (Fsp3) is 0.281. The molecule has 1 heterocycles. The Balaban J connectivity index is 1.98. The molecule has 0 radical (unpaired) electrons. The van der Waals surface area contributed by atoms with Crippen LogP contribution in [0.2, 0.25) is 0 Å². The molecule has 0 saturated heterocycles. The van der Waals surface area contributed by atoms with Crippen LogP contribution in [0.4, 0.5) is 22.0 Å². The molecular weight excluding hydrogens is 617 g/mol. The molecule has 0 unspecified atom stereocenters.